The van der Waals surface area contributed by atoms with E-state index in [1.165, 1.54) is 0 Å². The minimum Gasteiger partial charge on any atom is -0.489 e. The van der Waals surface area contributed by atoms with Gasteiger partial charge in [-0.15, -0.1) is 0 Å². The minimum absolute atomic E-state index is 0.0467. The lowest BCUT2D eigenvalue weighted by Gasteiger charge is -2.21. The van der Waals surface area contributed by atoms with Crippen molar-refractivity contribution in [2.45, 2.75) is 20.1 Å². The summed E-state index contributed by atoms with van der Waals surface area (Å²) in [5.74, 6) is 0.502. The van der Waals surface area contributed by atoms with E-state index in [-0.39, 0.29) is 11.8 Å². The van der Waals surface area contributed by atoms with E-state index in [0.29, 0.717) is 41.6 Å². The van der Waals surface area contributed by atoms with Crippen LogP contribution in [0.15, 0.2) is 72.8 Å². The molecule has 0 fully saturated rings. The molecule has 0 aliphatic heterocycles. The number of carbonyl (C=O) groups is 2. The first kappa shape index (κ1) is 23.4. The second-order valence-electron chi connectivity index (χ2n) is 7.66. The molecule has 0 aliphatic rings. The van der Waals surface area contributed by atoms with Gasteiger partial charge in [0.25, 0.3) is 11.8 Å². The fraction of sp³-hybridized carbons (Fsp3) is 0.231. The van der Waals surface area contributed by atoms with Gasteiger partial charge in [-0.2, -0.15) is 0 Å². The molecule has 0 saturated carbocycles. The number of halogens is 1. The average molecular weight is 451 g/mol. The first-order valence-corrected chi connectivity index (χ1v) is 10.8. The van der Waals surface area contributed by atoms with Gasteiger partial charge in [0.1, 0.15) is 12.4 Å². The Labute approximate surface area is 194 Å². The third-order valence-electron chi connectivity index (χ3n) is 5.02. The van der Waals surface area contributed by atoms with Crippen molar-refractivity contribution in [3.8, 4) is 5.75 Å². The maximum absolute atomic E-state index is 13.1. The van der Waals surface area contributed by atoms with Gasteiger partial charge in [0, 0.05) is 43.3 Å². The summed E-state index contributed by atoms with van der Waals surface area (Å²) in [4.78, 5) is 28.5. The topological polar surface area (TPSA) is 49.9 Å². The van der Waals surface area contributed by atoms with Crippen LogP contribution in [0.25, 0.3) is 0 Å². The number of benzene rings is 3. The minimum atomic E-state index is -0.0749. The standard InChI is InChI=1S/C26H27ClN2O3/c1-4-29(17-19-11-13-21(14-12-19)25(30)28(2)3)26(31)22-8-6-10-24(16-22)32-18-20-7-5-9-23(27)15-20/h5-16H,4,17-18H2,1-3H3. The zero-order chi connectivity index (χ0) is 23.1. The van der Waals surface area contributed by atoms with Crippen LogP contribution in [0.3, 0.4) is 0 Å². The molecule has 0 bridgehead atoms. The summed E-state index contributed by atoms with van der Waals surface area (Å²) >= 11 is 6.02. The fourth-order valence-corrected chi connectivity index (χ4v) is 3.47. The highest BCUT2D eigenvalue weighted by molar-refractivity contribution is 6.30. The Kier molecular flexibility index (Phi) is 7.90. The third kappa shape index (κ3) is 6.11. The Morgan fingerprint density at radius 1 is 0.844 bits per heavy atom. The van der Waals surface area contributed by atoms with Gasteiger partial charge in [-0.3, -0.25) is 9.59 Å². The van der Waals surface area contributed by atoms with Crippen molar-refractivity contribution in [1.82, 2.24) is 9.80 Å². The van der Waals surface area contributed by atoms with Crippen molar-refractivity contribution in [2.24, 2.45) is 0 Å². The van der Waals surface area contributed by atoms with Gasteiger partial charge < -0.3 is 14.5 Å². The molecule has 0 heterocycles. The summed E-state index contributed by atoms with van der Waals surface area (Å²) in [5.41, 5.74) is 3.11. The van der Waals surface area contributed by atoms with Gasteiger partial charge >= 0.3 is 0 Å². The predicted octanol–water partition coefficient (Wildman–Crippen LogP) is 5.28. The molecule has 0 spiro atoms. The lowest BCUT2D eigenvalue weighted by atomic mass is 10.1. The number of rotatable bonds is 8. The Hall–Kier alpha value is -3.31. The van der Waals surface area contributed by atoms with Crippen LogP contribution in [0.2, 0.25) is 5.02 Å². The molecule has 0 unspecified atom stereocenters. The van der Waals surface area contributed by atoms with Crippen LogP contribution in [0, 0.1) is 0 Å². The summed E-state index contributed by atoms with van der Waals surface area (Å²) < 4.78 is 5.86. The van der Waals surface area contributed by atoms with E-state index >= 15 is 0 Å². The highest BCUT2D eigenvalue weighted by Crippen LogP contribution is 2.19. The Balaban J connectivity index is 1.67. The zero-order valence-electron chi connectivity index (χ0n) is 18.5. The van der Waals surface area contributed by atoms with Crippen LogP contribution in [0.5, 0.6) is 5.75 Å². The van der Waals surface area contributed by atoms with Crippen LogP contribution < -0.4 is 4.74 Å². The van der Waals surface area contributed by atoms with Gasteiger partial charge in [0.05, 0.1) is 0 Å². The molecule has 0 radical (unpaired) electrons. The molecule has 166 valence electrons. The van der Waals surface area contributed by atoms with Crippen molar-refractivity contribution in [3.63, 3.8) is 0 Å². The first-order chi connectivity index (χ1) is 15.4. The monoisotopic (exact) mass is 450 g/mol. The molecule has 0 saturated heterocycles. The van der Waals surface area contributed by atoms with E-state index in [2.05, 4.69) is 0 Å². The summed E-state index contributed by atoms with van der Waals surface area (Å²) in [6, 6.07) is 22.0. The molecule has 0 N–H and O–H groups in total. The summed E-state index contributed by atoms with van der Waals surface area (Å²) in [5, 5.41) is 0.660. The molecule has 0 atom stereocenters. The highest BCUT2D eigenvalue weighted by atomic mass is 35.5. The second-order valence-corrected chi connectivity index (χ2v) is 8.10. The van der Waals surface area contributed by atoms with Gasteiger partial charge in [0.2, 0.25) is 0 Å². The number of hydrogen-bond acceptors (Lipinski definition) is 3. The molecule has 3 aromatic rings. The van der Waals surface area contributed by atoms with Crippen molar-refractivity contribution < 1.29 is 14.3 Å². The van der Waals surface area contributed by atoms with Gasteiger partial charge in [0.15, 0.2) is 0 Å². The second kappa shape index (κ2) is 10.8. The molecular formula is C26H27ClN2O3. The van der Waals surface area contributed by atoms with E-state index in [9.17, 15) is 9.59 Å². The van der Waals surface area contributed by atoms with Crippen LogP contribution in [0.1, 0.15) is 38.8 Å². The van der Waals surface area contributed by atoms with E-state index in [1.807, 2.05) is 55.5 Å². The summed E-state index contributed by atoms with van der Waals surface area (Å²) in [6.07, 6.45) is 0. The molecule has 3 aromatic carbocycles. The number of carbonyl (C=O) groups excluding carboxylic acids is 2. The largest absolute Gasteiger partial charge is 0.489 e. The van der Waals surface area contributed by atoms with Gasteiger partial charge in [-0.25, -0.2) is 0 Å². The molecule has 0 aliphatic carbocycles. The highest BCUT2D eigenvalue weighted by Gasteiger charge is 2.16. The Morgan fingerprint density at radius 3 is 2.22 bits per heavy atom. The maximum atomic E-state index is 13.1. The molecule has 3 rings (SSSR count). The van der Waals surface area contributed by atoms with Gasteiger partial charge in [-0.1, -0.05) is 41.9 Å². The molecule has 5 nitrogen and oxygen atoms in total. The Morgan fingerprint density at radius 2 is 1.56 bits per heavy atom. The van der Waals surface area contributed by atoms with E-state index in [1.54, 1.807) is 48.2 Å². The molecule has 32 heavy (non-hydrogen) atoms. The van der Waals surface area contributed by atoms with Gasteiger partial charge in [-0.05, 0) is 60.5 Å². The molecule has 2 amide bonds. The molecular weight excluding hydrogens is 424 g/mol. The molecule has 6 heteroatoms. The normalized spacial score (nSPS) is 10.5. The lowest BCUT2D eigenvalue weighted by molar-refractivity contribution is 0.0751. The number of nitrogens with zero attached hydrogens (tertiary/aromatic N) is 2. The van der Waals surface area contributed by atoms with Crippen molar-refractivity contribution >= 4 is 23.4 Å². The van der Waals surface area contributed by atoms with Crippen molar-refractivity contribution in [1.29, 1.82) is 0 Å². The number of hydrogen-bond donors (Lipinski definition) is 0. The Bertz CT molecular complexity index is 1080. The van der Waals surface area contributed by atoms with Crippen molar-refractivity contribution in [2.75, 3.05) is 20.6 Å². The first-order valence-electron chi connectivity index (χ1n) is 10.4. The van der Waals surface area contributed by atoms with Crippen molar-refractivity contribution in [3.05, 3.63) is 100 Å². The molecule has 0 aromatic heterocycles. The fourth-order valence-electron chi connectivity index (χ4n) is 3.25. The zero-order valence-corrected chi connectivity index (χ0v) is 19.3. The van der Waals surface area contributed by atoms with Crippen LogP contribution in [-0.4, -0.2) is 42.3 Å². The predicted molar refractivity (Wildman–Crippen MR) is 127 cm³/mol. The quantitative estimate of drug-likeness (QED) is 0.469. The number of ether oxygens (including phenoxy) is 1. The summed E-state index contributed by atoms with van der Waals surface area (Å²) in [7, 11) is 3.45. The van der Waals surface area contributed by atoms with Crippen LogP contribution >= 0.6 is 11.6 Å². The maximum Gasteiger partial charge on any atom is 0.254 e. The summed E-state index contributed by atoms with van der Waals surface area (Å²) in [6.45, 7) is 3.33. The van der Waals surface area contributed by atoms with Crippen LogP contribution in [-0.2, 0) is 13.2 Å². The third-order valence-corrected chi connectivity index (χ3v) is 5.26. The average Bonchev–Trinajstić information content (AvgIpc) is 2.81. The lowest BCUT2D eigenvalue weighted by Crippen LogP contribution is -2.30. The van der Waals surface area contributed by atoms with E-state index in [4.69, 9.17) is 16.3 Å². The van der Waals surface area contributed by atoms with Crippen LogP contribution in [0.4, 0.5) is 0 Å². The smallest absolute Gasteiger partial charge is 0.254 e. The van der Waals surface area contributed by atoms with E-state index in [0.717, 1.165) is 11.1 Å². The SMILES string of the molecule is CCN(Cc1ccc(C(=O)N(C)C)cc1)C(=O)c1cccc(OCc2cccc(Cl)c2)c1. The number of amides is 2. The van der Waals surface area contributed by atoms with E-state index < -0.39 is 0 Å².